The van der Waals surface area contributed by atoms with Crippen LogP contribution in [0.1, 0.15) is 18.5 Å². The highest BCUT2D eigenvalue weighted by molar-refractivity contribution is 8.01. The summed E-state index contributed by atoms with van der Waals surface area (Å²) in [4.78, 5) is 10.5. The van der Waals surface area contributed by atoms with Crippen LogP contribution in [0, 0.1) is 5.82 Å². The molecule has 0 aliphatic heterocycles. The van der Waals surface area contributed by atoms with Gasteiger partial charge in [-0.2, -0.15) is 0 Å². The fourth-order valence-corrected chi connectivity index (χ4v) is 3.10. The number of anilines is 1. The number of carboxylic acids is 1. The maximum Gasteiger partial charge on any atom is 0.313 e. The van der Waals surface area contributed by atoms with Crippen LogP contribution < -0.4 is 5.32 Å². The standard InChI is InChI=1S/C12H12FN3O2S2/c1-7(8-4-2-3-5-9(8)13)14-11-15-16-12(20-11)19-6-10(17)18/h2-5,7H,6H2,1H3,(H,14,15)(H,17,18). The van der Waals surface area contributed by atoms with E-state index in [9.17, 15) is 9.18 Å². The molecule has 0 aliphatic carbocycles. The molecule has 0 spiro atoms. The Balaban J connectivity index is 2.00. The monoisotopic (exact) mass is 313 g/mol. The number of carboxylic acid groups (broad SMARTS) is 1. The van der Waals surface area contributed by atoms with Crippen molar-refractivity contribution in [3.63, 3.8) is 0 Å². The molecule has 1 aromatic carbocycles. The Hall–Kier alpha value is -1.67. The van der Waals surface area contributed by atoms with Crippen LogP contribution in [-0.4, -0.2) is 27.0 Å². The lowest BCUT2D eigenvalue weighted by Gasteiger charge is -2.13. The van der Waals surface area contributed by atoms with E-state index in [1.54, 1.807) is 18.2 Å². The molecule has 106 valence electrons. The van der Waals surface area contributed by atoms with Gasteiger partial charge in [-0.15, -0.1) is 10.2 Å². The molecule has 0 saturated heterocycles. The first kappa shape index (κ1) is 14.7. The van der Waals surface area contributed by atoms with Gasteiger partial charge in [-0.25, -0.2) is 4.39 Å². The summed E-state index contributed by atoms with van der Waals surface area (Å²) in [5, 5.41) is 20.0. The summed E-state index contributed by atoms with van der Waals surface area (Å²) in [5.74, 6) is -1.24. The number of benzene rings is 1. The van der Waals surface area contributed by atoms with Crippen LogP contribution in [0.5, 0.6) is 0 Å². The number of carbonyl (C=O) groups is 1. The van der Waals surface area contributed by atoms with Crippen molar-refractivity contribution < 1.29 is 14.3 Å². The molecule has 20 heavy (non-hydrogen) atoms. The molecule has 2 N–H and O–H groups in total. The average Bonchev–Trinajstić information content (AvgIpc) is 2.84. The fourth-order valence-electron chi connectivity index (χ4n) is 1.54. The van der Waals surface area contributed by atoms with E-state index in [1.165, 1.54) is 17.4 Å². The van der Waals surface area contributed by atoms with Gasteiger partial charge in [0.2, 0.25) is 5.13 Å². The number of aromatic nitrogens is 2. The van der Waals surface area contributed by atoms with Crippen molar-refractivity contribution in [2.75, 3.05) is 11.1 Å². The largest absolute Gasteiger partial charge is 0.481 e. The smallest absolute Gasteiger partial charge is 0.313 e. The molecule has 0 aliphatic rings. The lowest BCUT2D eigenvalue weighted by atomic mass is 10.1. The number of nitrogens with one attached hydrogen (secondary N) is 1. The Morgan fingerprint density at radius 2 is 2.25 bits per heavy atom. The van der Waals surface area contributed by atoms with Crippen molar-refractivity contribution in [2.45, 2.75) is 17.3 Å². The quantitative estimate of drug-likeness (QED) is 0.799. The zero-order chi connectivity index (χ0) is 14.5. The van der Waals surface area contributed by atoms with Crippen LogP contribution in [0.25, 0.3) is 0 Å². The van der Waals surface area contributed by atoms with Crippen molar-refractivity contribution >= 4 is 34.2 Å². The second kappa shape index (κ2) is 6.67. The van der Waals surface area contributed by atoms with Gasteiger partial charge in [0, 0.05) is 5.56 Å². The van der Waals surface area contributed by atoms with Crippen molar-refractivity contribution in [3.05, 3.63) is 35.6 Å². The second-order valence-corrected chi connectivity index (χ2v) is 6.14. The van der Waals surface area contributed by atoms with E-state index >= 15 is 0 Å². The molecule has 0 bridgehead atoms. The first-order chi connectivity index (χ1) is 9.56. The van der Waals surface area contributed by atoms with Gasteiger partial charge in [-0.05, 0) is 13.0 Å². The van der Waals surface area contributed by atoms with E-state index in [0.29, 0.717) is 15.0 Å². The lowest BCUT2D eigenvalue weighted by molar-refractivity contribution is -0.133. The van der Waals surface area contributed by atoms with Crippen LogP contribution in [0.3, 0.4) is 0 Å². The highest BCUT2D eigenvalue weighted by Gasteiger charge is 2.13. The van der Waals surface area contributed by atoms with Gasteiger partial charge < -0.3 is 10.4 Å². The maximum absolute atomic E-state index is 13.6. The summed E-state index contributed by atoms with van der Waals surface area (Å²) in [7, 11) is 0. The molecule has 1 unspecified atom stereocenters. The summed E-state index contributed by atoms with van der Waals surface area (Å²) < 4.78 is 14.2. The maximum atomic E-state index is 13.6. The first-order valence-electron chi connectivity index (χ1n) is 5.75. The summed E-state index contributed by atoms with van der Waals surface area (Å²) in [6.07, 6.45) is 0. The molecule has 0 saturated carbocycles. The van der Waals surface area contributed by atoms with E-state index < -0.39 is 5.97 Å². The van der Waals surface area contributed by atoms with Crippen molar-refractivity contribution in [1.82, 2.24) is 10.2 Å². The predicted molar refractivity (Wildman–Crippen MR) is 76.7 cm³/mol. The SMILES string of the molecule is CC(Nc1nnc(SCC(=O)O)s1)c1ccccc1F. The predicted octanol–water partition coefficient (Wildman–Crippen LogP) is 3.03. The minimum absolute atomic E-state index is 0.0580. The summed E-state index contributed by atoms with van der Waals surface area (Å²) in [6, 6.07) is 6.26. The third kappa shape index (κ3) is 3.91. The van der Waals surface area contributed by atoms with Crippen LogP contribution in [0.4, 0.5) is 9.52 Å². The molecule has 1 heterocycles. The fraction of sp³-hybridized carbons (Fsp3) is 0.250. The third-order valence-corrected chi connectivity index (χ3v) is 4.41. The molecular formula is C12H12FN3O2S2. The minimum atomic E-state index is -0.903. The number of aliphatic carboxylic acids is 1. The molecular weight excluding hydrogens is 301 g/mol. The van der Waals surface area contributed by atoms with Gasteiger partial charge >= 0.3 is 5.97 Å². The molecule has 8 heteroatoms. The van der Waals surface area contributed by atoms with E-state index in [4.69, 9.17) is 5.11 Å². The Bertz CT molecular complexity index is 606. The normalized spacial score (nSPS) is 12.1. The molecule has 1 atom stereocenters. The first-order valence-corrected chi connectivity index (χ1v) is 7.55. The second-order valence-electron chi connectivity index (χ2n) is 3.94. The minimum Gasteiger partial charge on any atom is -0.481 e. The Kier molecular flexibility index (Phi) is 4.91. The van der Waals surface area contributed by atoms with Crippen LogP contribution in [-0.2, 0) is 4.79 Å². The number of thioether (sulfide) groups is 1. The number of hydrogen-bond acceptors (Lipinski definition) is 6. The van der Waals surface area contributed by atoms with E-state index in [2.05, 4.69) is 15.5 Å². The molecule has 0 fully saturated rings. The van der Waals surface area contributed by atoms with Gasteiger partial charge in [-0.1, -0.05) is 41.3 Å². The van der Waals surface area contributed by atoms with E-state index in [1.807, 2.05) is 6.92 Å². The van der Waals surface area contributed by atoms with Gasteiger partial charge in [0.1, 0.15) is 5.82 Å². The van der Waals surface area contributed by atoms with E-state index in [0.717, 1.165) is 11.8 Å². The topological polar surface area (TPSA) is 75.1 Å². The molecule has 0 amide bonds. The molecule has 2 rings (SSSR count). The van der Waals surface area contributed by atoms with E-state index in [-0.39, 0.29) is 17.6 Å². The zero-order valence-electron chi connectivity index (χ0n) is 10.5. The highest BCUT2D eigenvalue weighted by Crippen LogP contribution is 2.28. The molecule has 2 aromatic rings. The van der Waals surface area contributed by atoms with Crippen LogP contribution in [0.15, 0.2) is 28.6 Å². The summed E-state index contributed by atoms with van der Waals surface area (Å²) in [5.41, 5.74) is 0.544. The molecule has 5 nitrogen and oxygen atoms in total. The van der Waals surface area contributed by atoms with Gasteiger partial charge in [0.05, 0.1) is 11.8 Å². The lowest BCUT2D eigenvalue weighted by Crippen LogP contribution is -2.08. The van der Waals surface area contributed by atoms with Crippen molar-refractivity contribution in [2.24, 2.45) is 0 Å². The zero-order valence-corrected chi connectivity index (χ0v) is 12.2. The van der Waals surface area contributed by atoms with Crippen LogP contribution in [0.2, 0.25) is 0 Å². The Morgan fingerprint density at radius 3 is 2.95 bits per heavy atom. The third-order valence-electron chi connectivity index (χ3n) is 2.44. The average molecular weight is 313 g/mol. The van der Waals surface area contributed by atoms with Gasteiger partial charge in [-0.3, -0.25) is 4.79 Å². The number of nitrogens with zero attached hydrogens (tertiary/aromatic N) is 2. The van der Waals surface area contributed by atoms with Gasteiger partial charge in [0.25, 0.3) is 0 Å². The number of halogens is 1. The Labute approximate surface area is 123 Å². The summed E-state index contributed by atoms with van der Waals surface area (Å²) in [6.45, 7) is 1.82. The number of hydrogen-bond donors (Lipinski definition) is 2. The molecule has 1 aromatic heterocycles. The number of rotatable bonds is 6. The van der Waals surface area contributed by atoms with Crippen molar-refractivity contribution in [1.29, 1.82) is 0 Å². The molecule has 0 radical (unpaired) electrons. The van der Waals surface area contributed by atoms with Gasteiger partial charge in [0.15, 0.2) is 4.34 Å². The summed E-state index contributed by atoms with van der Waals surface area (Å²) >= 11 is 2.35. The van der Waals surface area contributed by atoms with Crippen LogP contribution >= 0.6 is 23.1 Å². The van der Waals surface area contributed by atoms with Crippen molar-refractivity contribution in [3.8, 4) is 0 Å². The Morgan fingerprint density at radius 1 is 1.50 bits per heavy atom. The highest BCUT2D eigenvalue weighted by atomic mass is 32.2.